The zero-order valence-corrected chi connectivity index (χ0v) is 14.3. The van der Waals surface area contributed by atoms with Crippen molar-refractivity contribution in [1.29, 1.82) is 0 Å². The van der Waals surface area contributed by atoms with Gasteiger partial charge >= 0.3 is 0 Å². The Labute approximate surface area is 147 Å². The van der Waals surface area contributed by atoms with Crippen molar-refractivity contribution in [2.24, 2.45) is 5.14 Å². The van der Waals surface area contributed by atoms with Gasteiger partial charge in [-0.3, -0.25) is 0 Å². The van der Waals surface area contributed by atoms with Crippen LogP contribution in [0.4, 0.5) is 13.2 Å². The van der Waals surface area contributed by atoms with Gasteiger partial charge in [-0.05, 0) is 36.8 Å². The molecule has 1 heterocycles. The van der Waals surface area contributed by atoms with Crippen molar-refractivity contribution in [2.45, 2.75) is 18.2 Å². The molecule has 0 amide bonds. The largest absolute Gasteiger partial charge is 0.282 e. The van der Waals surface area contributed by atoms with Gasteiger partial charge in [0.25, 0.3) is 6.43 Å². The zero-order valence-electron chi connectivity index (χ0n) is 13.5. The molecule has 0 fully saturated rings. The maximum Gasteiger partial charge on any atom is 0.282 e. The number of sulfonamides is 1. The first-order valence-corrected chi connectivity index (χ1v) is 9.00. The van der Waals surface area contributed by atoms with Crippen LogP contribution in [0.25, 0.3) is 16.8 Å². The molecule has 0 unspecified atom stereocenters. The number of halogens is 3. The highest BCUT2D eigenvalue weighted by Gasteiger charge is 2.26. The number of benzene rings is 2. The molecule has 0 aliphatic carbocycles. The van der Waals surface area contributed by atoms with Crippen LogP contribution in [0.2, 0.25) is 0 Å². The van der Waals surface area contributed by atoms with Crippen LogP contribution in [0.3, 0.4) is 0 Å². The molecule has 136 valence electrons. The molecular formula is C17H14F3N3O2S. The van der Waals surface area contributed by atoms with E-state index < -0.39 is 28.1 Å². The molecule has 0 radical (unpaired) electrons. The summed E-state index contributed by atoms with van der Waals surface area (Å²) in [4.78, 5) is -0.179. The van der Waals surface area contributed by atoms with E-state index in [9.17, 15) is 21.6 Å². The number of hydrogen-bond donors (Lipinski definition) is 1. The molecule has 3 rings (SSSR count). The van der Waals surface area contributed by atoms with Gasteiger partial charge in [0.15, 0.2) is 0 Å². The van der Waals surface area contributed by atoms with E-state index in [0.29, 0.717) is 4.68 Å². The average Bonchev–Trinajstić information content (AvgIpc) is 2.93. The first-order valence-electron chi connectivity index (χ1n) is 7.45. The third-order valence-corrected chi connectivity index (χ3v) is 4.74. The van der Waals surface area contributed by atoms with E-state index in [-0.39, 0.29) is 21.7 Å². The molecule has 0 bridgehead atoms. The Morgan fingerprint density at radius 2 is 1.62 bits per heavy atom. The summed E-state index contributed by atoms with van der Waals surface area (Å²) >= 11 is 0. The number of primary sulfonamides is 1. The molecule has 0 saturated carbocycles. The molecule has 2 N–H and O–H groups in total. The lowest BCUT2D eigenvalue weighted by Crippen LogP contribution is -2.12. The van der Waals surface area contributed by atoms with Crippen molar-refractivity contribution in [3.8, 4) is 16.8 Å². The van der Waals surface area contributed by atoms with Gasteiger partial charge < -0.3 is 0 Å². The zero-order chi connectivity index (χ0) is 19.1. The molecule has 2 aromatic carbocycles. The summed E-state index contributed by atoms with van der Waals surface area (Å²) in [6.07, 6.45) is -2.98. The maximum absolute atomic E-state index is 14.9. The van der Waals surface area contributed by atoms with E-state index in [2.05, 4.69) is 5.10 Å². The molecule has 0 spiro atoms. The van der Waals surface area contributed by atoms with Crippen LogP contribution in [-0.2, 0) is 10.0 Å². The van der Waals surface area contributed by atoms with Gasteiger partial charge in [0.05, 0.1) is 16.1 Å². The summed E-state index contributed by atoms with van der Waals surface area (Å²) in [7, 11) is -3.92. The van der Waals surface area contributed by atoms with Gasteiger partial charge in [-0.1, -0.05) is 29.8 Å². The molecule has 26 heavy (non-hydrogen) atoms. The second-order valence-electron chi connectivity index (χ2n) is 5.67. The fourth-order valence-corrected chi connectivity index (χ4v) is 3.02. The van der Waals surface area contributed by atoms with E-state index in [1.165, 1.54) is 24.3 Å². The van der Waals surface area contributed by atoms with E-state index >= 15 is 0 Å². The number of alkyl halides is 2. The molecule has 0 aliphatic rings. The number of nitrogens with zero attached hydrogens (tertiary/aromatic N) is 2. The molecule has 0 atom stereocenters. The van der Waals surface area contributed by atoms with Crippen molar-refractivity contribution < 1.29 is 21.6 Å². The molecular weight excluding hydrogens is 367 g/mol. The van der Waals surface area contributed by atoms with Crippen molar-refractivity contribution in [3.05, 3.63) is 65.7 Å². The minimum absolute atomic E-state index is 0.0927. The Morgan fingerprint density at radius 3 is 2.12 bits per heavy atom. The number of aryl methyl sites for hydroxylation is 1. The van der Waals surface area contributed by atoms with E-state index in [4.69, 9.17) is 5.14 Å². The van der Waals surface area contributed by atoms with E-state index in [0.717, 1.165) is 17.7 Å². The van der Waals surface area contributed by atoms with Gasteiger partial charge in [-0.2, -0.15) is 9.49 Å². The Hall–Kier alpha value is -2.65. The highest BCUT2D eigenvalue weighted by Crippen LogP contribution is 2.34. The van der Waals surface area contributed by atoms with Gasteiger partial charge in [-0.15, -0.1) is 0 Å². The third kappa shape index (κ3) is 3.35. The van der Waals surface area contributed by atoms with Crippen LogP contribution in [-0.4, -0.2) is 18.2 Å². The smallest absolute Gasteiger partial charge is 0.225 e. The Kier molecular flexibility index (Phi) is 4.59. The van der Waals surface area contributed by atoms with Crippen LogP contribution in [0, 0.1) is 12.9 Å². The number of nitrogens with two attached hydrogens (primary N) is 1. The fourth-order valence-electron chi connectivity index (χ4n) is 2.50. The van der Waals surface area contributed by atoms with Gasteiger partial charge in [0.1, 0.15) is 5.69 Å². The summed E-state index contributed by atoms with van der Waals surface area (Å²) in [5.41, 5.74) is 0.280. The summed E-state index contributed by atoms with van der Waals surface area (Å²) in [6, 6.07) is 11.2. The quantitative estimate of drug-likeness (QED) is 0.750. The predicted octanol–water partition coefficient (Wildman–Crippen LogP) is 3.57. The Balaban J connectivity index is 2.15. The van der Waals surface area contributed by atoms with Crippen molar-refractivity contribution in [1.82, 2.24) is 9.78 Å². The lowest BCUT2D eigenvalue weighted by Gasteiger charge is -2.04. The highest BCUT2D eigenvalue weighted by atomic mass is 32.2. The van der Waals surface area contributed by atoms with Gasteiger partial charge in [0, 0.05) is 0 Å². The molecule has 9 heteroatoms. The van der Waals surface area contributed by atoms with Crippen LogP contribution in [0.5, 0.6) is 0 Å². The maximum atomic E-state index is 14.9. The number of hydrogen-bond acceptors (Lipinski definition) is 3. The number of aromatic nitrogens is 2. The van der Waals surface area contributed by atoms with Gasteiger partial charge in [-0.25, -0.2) is 27.0 Å². The fraction of sp³-hybridized carbons (Fsp3) is 0.118. The van der Waals surface area contributed by atoms with Crippen molar-refractivity contribution >= 4 is 10.0 Å². The van der Waals surface area contributed by atoms with Crippen LogP contribution in [0.15, 0.2) is 53.4 Å². The van der Waals surface area contributed by atoms with Crippen LogP contribution in [0.1, 0.15) is 17.7 Å². The van der Waals surface area contributed by atoms with E-state index in [1.54, 1.807) is 12.1 Å². The Morgan fingerprint density at radius 1 is 1.04 bits per heavy atom. The predicted molar refractivity (Wildman–Crippen MR) is 90.0 cm³/mol. The first-order chi connectivity index (χ1) is 12.2. The van der Waals surface area contributed by atoms with E-state index in [1.807, 2.05) is 6.92 Å². The monoisotopic (exact) mass is 381 g/mol. The van der Waals surface area contributed by atoms with Gasteiger partial charge in [0.2, 0.25) is 16.0 Å². The van der Waals surface area contributed by atoms with Crippen molar-refractivity contribution in [2.75, 3.05) is 0 Å². The second-order valence-corrected chi connectivity index (χ2v) is 7.23. The molecule has 1 aromatic heterocycles. The average molecular weight is 381 g/mol. The minimum Gasteiger partial charge on any atom is -0.225 e. The molecule has 5 nitrogen and oxygen atoms in total. The lowest BCUT2D eigenvalue weighted by atomic mass is 10.0. The summed E-state index contributed by atoms with van der Waals surface area (Å²) in [6.45, 7) is 1.82. The summed E-state index contributed by atoms with van der Waals surface area (Å²) in [5, 5.41) is 8.69. The van der Waals surface area contributed by atoms with Crippen molar-refractivity contribution in [3.63, 3.8) is 0 Å². The molecule has 3 aromatic rings. The second kappa shape index (κ2) is 6.58. The SMILES string of the molecule is Cc1ccc(-c2c(C(F)F)nn(-c3ccc(S(N)(=O)=O)cc3)c2F)cc1. The molecule has 0 saturated heterocycles. The lowest BCUT2D eigenvalue weighted by molar-refractivity contribution is 0.146. The normalized spacial score (nSPS) is 11.9. The minimum atomic E-state index is -3.92. The molecule has 0 aliphatic heterocycles. The standard InChI is InChI=1S/C17H14F3N3O2S/c1-10-2-4-11(5-3-10)14-15(16(18)19)22-23(17(14)20)12-6-8-13(9-7-12)26(21,24)25/h2-9,16H,1H3,(H2,21,24,25). The van der Waals surface area contributed by atoms with Crippen LogP contribution >= 0.6 is 0 Å². The Bertz CT molecular complexity index is 1040. The summed E-state index contributed by atoms with van der Waals surface area (Å²) < 4.78 is 64.9. The van der Waals surface area contributed by atoms with Crippen LogP contribution < -0.4 is 5.14 Å². The first kappa shape index (κ1) is 18.2. The number of rotatable bonds is 4. The highest BCUT2D eigenvalue weighted by molar-refractivity contribution is 7.89. The third-order valence-electron chi connectivity index (χ3n) is 3.81. The summed E-state index contributed by atoms with van der Waals surface area (Å²) in [5.74, 6) is -0.965. The topological polar surface area (TPSA) is 78.0 Å².